The predicted molar refractivity (Wildman–Crippen MR) is 113 cm³/mol. The second-order valence-corrected chi connectivity index (χ2v) is 10.1. The van der Waals surface area contributed by atoms with Crippen molar-refractivity contribution >= 4 is 5.97 Å². The molecule has 0 aromatic rings. The monoisotopic (exact) mass is 402 g/mol. The Kier molecular flexibility index (Phi) is 6.12. The average molecular weight is 403 g/mol. The van der Waals surface area contributed by atoms with Gasteiger partial charge in [-0.1, -0.05) is 19.9 Å². The predicted octanol–water partition coefficient (Wildman–Crippen LogP) is 2.77. The van der Waals surface area contributed by atoms with Crippen molar-refractivity contribution in [2.45, 2.75) is 71.1 Å². The molecule has 1 saturated heterocycles. The number of carbonyl (C=O) groups excluding carboxylic acids is 1. The molecule has 5 nitrogen and oxygen atoms in total. The topological polar surface area (TPSA) is 53.0 Å². The van der Waals surface area contributed by atoms with Crippen LogP contribution in [0.2, 0.25) is 0 Å². The maximum Gasteiger partial charge on any atom is 0.303 e. The van der Waals surface area contributed by atoms with Gasteiger partial charge in [0.2, 0.25) is 0 Å². The molecule has 2 radical (unpaired) electrons. The third-order valence-electron chi connectivity index (χ3n) is 7.90. The Morgan fingerprint density at radius 2 is 1.97 bits per heavy atom. The van der Waals surface area contributed by atoms with Crippen LogP contribution in [0.4, 0.5) is 0 Å². The molecule has 1 aliphatic heterocycles. The van der Waals surface area contributed by atoms with Gasteiger partial charge in [-0.2, -0.15) is 0 Å². The molecule has 1 heterocycles. The average Bonchev–Trinajstić information content (AvgIpc) is 3.50. The number of ether oxygens (including phenoxy) is 1. The van der Waals surface area contributed by atoms with Crippen LogP contribution in [0.25, 0.3) is 0 Å². The zero-order chi connectivity index (χ0) is 20.8. The second kappa shape index (κ2) is 8.32. The summed E-state index contributed by atoms with van der Waals surface area (Å²) in [6, 6.07) is 0.871. The van der Waals surface area contributed by atoms with Crippen LogP contribution >= 0.6 is 0 Å². The van der Waals surface area contributed by atoms with E-state index in [9.17, 15) is 9.90 Å². The van der Waals surface area contributed by atoms with Crippen LogP contribution < -0.4 is 0 Å². The lowest BCUT2D eigenvalue weighted by Gasteiger charge is -2.53. The van der Waals surface area contributed by atoms with Crippen molar-refractivity contribution in [1.82, 2.24) is 9.80 Å². The van der Waals surface area contributed by atoms with E-state index in [2.05, 4.69) is 36.1 Å². The first-order chi connectivity index (χ1) is 13.8. The molecule has 0 aromatic carbocycles. The van der Waals surface area contributed by atoms with Gasteiger partial charge in [-0.25, -0.2) is 0 Å². The third kappa shape index (κ3) is 4.42. The highest BCUT2D eigenvalue weighted by molar-refractivity contribution is 5.66. The maximum absolute atomic E-state index is 11.6. The summed E-state index contributed by atoms with van der Waals surface area (Å²) in [6.07, 6.45) is 9.88. The maximum atomic E-state index is 11.6. The first-order valence-electron chi connectivity index (χ1n) is 11.6. The van der Waals surface area contributed by atoms with E-state index in [-0.39, 0.29) is 17.8 Å². The quantitative estimate of drug-likeness (QED) is 0.566. The largest absolute Gasteiger partial charge is 0.457 e. The van der Waals surface area contributed by atoms with Gasteiger partial charge in [-0.05, 0) is 55.9 Å². The molecule has 3 fully saturated rings. The fourth-order valence-electron chi connectivity index (χ4n) is 5.90. The van der Waals surface area contributed by atoms with E-state index in [0.29, 0.717) is 11.8 Å². The number of piperazine rings is 1. The van der Waals surface area contributed by atoms with Gasteiger partial charge >= 0.3 is 5.97 Å². The van der Waals surface area contributed by atoms with Crippen molar-refractivity contribution in [3.63, 3.8) is 0 Å². The number of hydrogen-bond donors (Lipinski definition) is 1. The van der Waals surface area contributed by atoms with E-state index in [0.717, 1.165) is 31.0 Å². The molecule has 162 valence electrons. The van der Waals surface area contributed by atoms with E-state index < -0.39 is 11.7 Å². The van der Waals surface area contributed by atoms with Crippen LogP contribution in [-0.4, -0.2) is 71.3 Å². The third-order valence-corrected chi connectivity index (χ3v) is 7.90. The number of aliphatic hydroxyl groups is 1. The second-order valence-electron chi connectivity index (χ2n) is 10.1. The van der Waals surface area contributed by atoms with Gasteiger partial charge in [-0.15, -0.1) is 0 Å². The smallest absolute Gasteiger partial charge is 0.303 e. The number of rotatable bonds is 5. The number of carbonyl (C=O) groups is 1. The molecule has 0 bridgehead atoms. The molecule has 2 saturated carbocycles. The van der Waals surface area contributed by atoms with Crippen LogP contribution in [0.1, 0.15) is 53.4 Å². The molecule has 0 amide bonds. The number of nitrogens with zero attached hydrogens (tertiary/aromatic N) is 2. The molecule has 1 N–H and O–H groups in total. The lowest BCUT2D eigenvalue weighted by Crippen LogP contribution is -2.57. The fourth-order valence-corrected chi connectivity index (χ4v) is 5.90. The standard InChI is InChI=1S/C24H38N2O3/c1-16-13-22-21(8-5-18(3)24(22,28)14-23(16)29-19(4)27)17(2)15-25-9-11-26(12-10-25)20-6-7-20/h13,17-18,20-23,28H,5-12,15H2,1-4H3/t17-,18-,21+,22-,23-,24-/m1/s1. The van der Waals surface area contributed by atoms with Gasteiger partial charge < -0.3 is 14.7 Å². The van der Waals surface area contributed by atoms with Crippen LogP contribution in [0, 0.1) is 30.1 Å². The summed E-state index contributed by atoms with van der Waals surface area (Å²) in [7, 11) is 0. The van der Waals surface area contributed by atoms with Gasteiger partial charge in [0.05, 0.1) is 12.0 Å². The Morgan fingerprint density at radius 1 is 1.28 bits per heavy atom. The SMILES string of the molecule is CC(=O)O[C@@H]1[C][C@@]2(O)[C@H](C)CC[C@@H]([C@H](C)CN3CCN(C4CC4)CC3)[C@H]2C=C1C. The Morgan fingerprint density at radius 3 is 2.59 bits per heavy atom. The van der Waals surface area contributed by atoms with E-state index in [4.69, 9.17) is 4.74 Å². The Hall–Kier alpha value is -0.910. The molecule has 0 spiro atoms. The molecule has 0 unspecified atom stereocenters. The summed E-state index contributed by atoms with van der Waals surface area (Å²) in [5, 5.41) is 11.6. The highest BCUT2D eigenvalue weighted by atomic mass is 16.5. The normalized spacial score (nSPS) is 40.1. The molecule has 4 aliphatic rings. The molecule has 29 heavy (non-hydrogen) atoms. The molecule has 6 atom stereocenters. The zero-order valence-electron chi connectivity index (χ0n) is 18.6. The molecular formula is C24H38N2O3. The lowest BCUT2D eigenvalue weighted by atomic mass is 9.57. The van der Waals surface area contributed by atoms with Crippen molar-refractivity contribution in [2.75, 3.05) is 32.7 Å². The summed E-state index contributed by atoms with van der Waals surface area (Å²) in [6.45, 7) is 13.7. The van der Waals surface area contributed by atoms with Gasteiger partial charge in [0.15, 0.2) is 0 Å². The molecular weight excluding hydrogens is 364 g/mol. The van der Waals surface area contributed by atoms with Crippen molar-refractivity contribution in [3.05, 3.63) is 18.1 Å². The van der Waals surface area contributed by atoms with Gasteiger partial charge in [-0.3, -0.25) is 9.69 Å². The summed E-state index contributed by atoms with van der Waals surface area (Å²) >= 11 is 0. The first-order valence-corrected chi connectivity index (χ1v) is 11.6. The van der Waals surface area contributed by atoms with E-state index in [1.165, 1.54) is 45.9 Å². The zero-order valence-corrected chi connectivity index (χ0v) is 18.6. The van der Waals surface area contributed by atoms with Crippen LogP contribution in [0.5, 0.6) is 0 Å². The van der Waals surface area contributed by atoms with Gasteiger partial charge in [0.1, 0.15) is 6.10 Å². The van der Waals surface area contributed by atoms with Gasteiger partial charge in [0.25, 0.3) is 0 Å². The summed E-state index contributed by atoms with van der Waals surface area (Å²) in [4.78, 5) is 16.8. The minimum absolute atomic E-state index is 0.0563. The molecule has 0 aromatic heterocycles. The number of esters is 1. The molecule has 5 heteroatoms. The summed E-state index contributed by atoms with van der Waals surface area (Å²) in [5.41, 5.74) is -0.0131. The highest BCUT2D eigenvalue weighted by Crippen LogP contribution is 2.50. The van der Waals surface area contributed by atoms with Crippen molar-refractivity contribution in [2.24, 2.45) is 23.7 Å². The minimum Gasteiger partial charge on any atom is -0.457 e. The number of hydrogen-bond acceptors (Lipinski definition) is 5. The highest BCUT2D eigenvalue weighted by Gasteiger charge is 2.53. The van der Waals surface area contributed by atoms with E-state index in [1.807, 2.05) is 6.92 Å². The van der Waals surface area contributed by atoms with Crippen LogP contribution in [-0.2, 0) is 9.53 Å². The Balaban J connectivity index is 1.43. The summed E-state index contributed by atoms with van der Waals surface area (Å²) in [5.74, 6) is 0.804. The minimum atomic E-state index is -1.01. The van der Waals surface area contributed by atoms with Crippen molar-refractivity contribution in [1.29, 1.82) is 0 Å². The Labute approximate surface area is 176 Å². The molecule has 3 aliphatic carbocycles. The number of fused-ring (bicyclic) bond motifs is 1. The van der Waals surface area contributed by atoms with Crippen LogP contribution in [0.15, 0.2) is 11.6 Å². The first kappa shape index (κ1) is 21.3. The fraction of sp³-hybridized carbons (Fsp3) is 0.833. The lowest BCUT2D eigenvalue weighted by molar-refractivity contribution is -0.148. The van der Waals surface area contributed by atoms with E-state index in [1.54, 1.807) is 0 Å². The van der Waals surface area contributed by atoms with Crippen molar-refractivity contribution in [3.8, 4) is 0 Å². The summed E-state index contributed by atoms with van der Waals surface area (Å²) < 4.78 is 5.43. The molecule has 4 rings (SSSR count). The van der Waals surface area contributed by atoms with Crippen molar-refractivity contribution < 1.29 is 14.6 Å². The van der Waals surface area contributed by atoms with Crippen LogP contribution in [0.3, 0.4) is 0 Å². The van der Waals surface area contributed by atoms with Gasteiger partial charge in [0, 0.05) is 51.6 Å². The Bertz CT molecular complexity index is 638. The van der Waals surface area contributed by atoms with E-state index >= 15 is 0 Å².